The highest BCUT2D eigenvalue weighted by molar-refractivity contribution is 7.15. The summed E-state index contributed by atoms with van der Waals surface area (Å²) >= 11 is 1.56. The van der Waals surface area contributed by atoms with Crippen molar-refractivity contribution in [3.8, 4) is 0 Å². The van der Waals surface area contributed by atoms with E-state index in [1.165, 1.54) is 0 Å². The van der Waals surface area contributed by atoms with Crippen molar-refractivity contribution in [3.63, 3.8) is 0 Å². The zero-order chi connectivity index (χ0) is 8.81. The first-order valence-electron chi connectivity index (χ1n) is 3.94. The molecule has 68 valence electrons. The van der Waals surface area contributed by atoms with Gasteiger partial charge < -0.3 is 10.1 Å². The fraction of sp³-hybridized carbons (Fsp3) is 0.714. The van der Waals surface area contributed by atoms with Crippen LogP contribution < -0.4 is 5.32 Å². The van der Waals surface area contributed by atoms with E-state index < -0.39 is 0 Å². The van der Waals surface area contributed by atoms with Crippen molar-refractivity contribution in [2.75, 3.05) is 25.1 Å². The monoisotopic (exact) mass is 187 g/mol. The molecule has 0 bridgehead atoms. The molecule has 0 saturated carbocycles. The van der Waals surface area contributed by atoms with E-state index in [0.717, 1.165) is 29.9 Å². The second-order valence-electron chi connectivity index (χ2n) is 2.25. The zero-order valence-electron chi connectivity index (χ0n) is 7.33. The quantitative estimate of drug-likeness (QED) is 0.706. The summed E-state index contributed by atoms with van der Waals surface area (Å²) in [7, 11) is 0. The molecular formula is C7H13N3OS. The summed E-state index contributed by atoms with van der Waals surface area (Å²) in [5.74, 6) is 0. The Kier molecular flexibility index (Phi) is 3.96. The predicted molar refractivity (Wildman–Crippen MR) is 49.6 cm³/mol. The van der Waals surface area contributed by atoms with Gasteiger partial charge in [-0.25, -0.2) is 0 Å². The van der Waals surface area contributed by atoms with Crippen LogP contribution in [0, 0.1) is 6.92 Å². The first kappa shape index (κ1) is 9.41. The summed E-state index contributed by atoms with van der Waals surface area (Å²) in [6.07, 6.45) is 0. The second-order valence-corrected chi connectivity index (χ2v) is 3.43. The Balaban J connectivity index is 2.15. The minimum Gasteiger partial charge on any atom is -0.380 e. The van der Waals surface area contributed by atoms with Crippen molar-refractivity contribution in [2.24, 2.45) is 0 Å². The highest BCUT2D eigenvalue weighted by Crippen LogP contribution is 2.12. The Labute approximate surface area is 76.0 Å². The molecule has 0 atom stereocenters. The van der Waals surface area contributed by atoms with Crippen molar-refractivity contribution in [3.05, 3.63) is 5.01 Å². The minimum absolute atomic E-state index is 0.717. The molecule has 0 aliphatic carbocycles. The Morgan fingerprint density at radius 1 is 1.50 bits per heavy atom. The van der Waals surface area contributed by atoms with Crippen LogP contribution in [0.15, 0.2) is 0 Å². The summed E-state index contributed by atoms with van der Waals surface area (Å²) in [4.78, 5) is 0. The second kappa shape index (κ2) is 5.05. The van der Waals surface area contributed by atoms with Gasteiger partial charge in [-0.3, -0.25) is 0 Å². The molecule has 0 aliphatic rings. The Morgan fingerprint density at radius 3 is 2.92 bits per heavy atom. The maximum absolute atomic E-state index is 5.16. The smallest absolute Gasteiger partial charge is 0.205 e. The van der Waals surface area contributed by atoms with E-state index in [9.17, 15) is 0 Å². The van der Waals surface area contributed by atoms with Gasteiger partial charge >= 0.3 is 0 Å². The minimum atomic E-state index is 0.717. The average molecular weight is 187 g/mol. The number of anilines is 1. The van der Waals surface area contributed by atoms with Gasteiger partial charge in [-0.05, 0) is 13.8 Å². The molecule has 0 spiro atoms. The topological polar surface area (TPSA) is 47.0 Å². The van der Waals surface area contributed by atoms with Gasteiger partial charge in [0.25, 0.3) is 0 Å². The first-order chi connectivity index (χ1) is 5.83. The number of hydrogen-bond donors (Lipinski definition) is 1. The molecule has 1 aromatic rings. The molecule has 0 radical (unpaired) electrons. The van der Waals surface area contributed by atoms with Gasteiger partial charge in [0.1, 0.15) is 5.01 Å². The maximum atomic E-state index is 5.16. The van der Waals surface area contributed by atoms with Crippen LogP contribution >= 0.6 is 11.3 Å². The summed E-state index contributed by atoms with van der Waals surface area (Å²) < 4.78 is 5.16. The van der Waals surface area contributed by atoms with E-state index in [2.05, 4.69) is 15.5 Å². The molecule has 0 aromatic carbocycles. The van der Waals surface area contributed by atoms with E-state index in [-0.39, 0.29) is 0 Å². The van der Waals surface area contributed by atoms with E-state index >= 15 is 0 Å². The van der Waals surface area contributed by atoms with Gasteiger partial charge in [0, 0.05) is 13.2 Å². The van der Waals surface area contributed by atoms with Gasteiger partial charge in [0.15, 0.2) is 0 Å². The molecule has 0 unspecified atom stereocenters. The van der Waals surface area contributed by atoms with Crippen molar-refractivity contribution in [2.45, 2.75) is 13.8 Å². The predicted octanol–water partition coefficient (Wildman–Crippen LogP) is 1.29. The molecular weight excluding hydrogens is 174 g/mol. The van der Waals surface area contributed by atoms with Crippen molar-refractivity contribution in [1.29, 1.82) is 0 Å². The molecule has 1 aromatic heterocycles. The van der Waals surface area contributed by atoms with Crippen LogP contribution in [0.3, 0.4) is 0 Å². The molecule has 4 nitrogen and oxygen atoms in total. The SMILES string of the molecule is CCOCCNc1nnc(C)s1. The average Bonchev–Trinajstić information content (AvgIpc) is 2.45. The lowest BCUT2D eigenvalue weighted by Gasteiger charge is -2.00. The van der Waals surface area contributed by atoms with Crippen LogP contribution in [0.25, 0.3) is 0 Å². The molecule has 1 heterocycles. The number of rotatable bonds is 5. The maximum Gasteiger partial charge on any atom is 0.205 e. The largest absolute Gasteiger partial charge is 0.380 e. The number of hydrogen-bond acceptors (Lipinski definition) is 5. The van der Waals surface area contributed by atoms with Crippen molar-refractivity contribution >= 4 is 16.5 Å². The van der Waals surface area contributed by atoms with Gasteiger partial charge in [0.05, 0.1) is 6.61 Å². The fourth-order valence-electron chi connectivity index (χ4n) is 0.742. The van der Waals surface area contributed by atoms with E-state index in [0.29, 0.717) is 0 Å². The molecule has 1 rings (SSSR count). The lowest BCUT2D eigenvalue weighted by molar-refractivity contribution is 0.158. The lowest BCUT2D eigenvalue weighted by atomic mass is 10.7. The number of ether oxygens (including phenoxy) is 1. The normalized spacial score (nSPS) is 10.2. The molecule has 0 aliphatic heterocycles. The van der Waals surface area contributed by atoms with E-state index in [4.69, 9.17) is 4.74 Å². The number of nitrogens with zero attached hydrogens (tertiary/aromatic N) is 2. The molecule has 0 saturated heterocycles. The highest BCUT2D eigenvalue weighted by atomic mass is 32.1. The third kappa shape index (κ3) is 3.15. The van der Waals surface area contributed by atoms with Crippen LogP contribution in [-0.2, 0) is 4.74 Å². The molecule has 1 N–H and O–H groups in total. The summed E-state index contributed by atoms with van der Waals surface area (Å²) in [6, 6.07) is 0. The number of aromatic nitrogens is 2. The van der Waals surface area contributed by atoms with Crippen LogP contribution in [0.1, 0.15) is 11.9 Å². The van der Waals surface area contributed by atoms with Crippen LogP contribution in [-0.4, -0.2) is 30.0 Å². The van der Waals surface area contributed by atoms with Gasteiger partial charge in [0.2, 0.25) is 5.13 Å². The van der Waals surface area contributed by atoms with Crippen molar-refractivity contribution in [1.82, 2.24) is 10.2 Å². The number of nitrogens with one attached hydrogen (secondary N) is 1. The Bertz CT molecular complexity index is 226. The summed E-state index contributed by atoms with van der Waals surface area (Å²) in [5, 5.41) is 12.8. The molecule has 12 heavy (non-hydrogen) atoms. The Morgan fingerprint density at radius 2 is 2.33 bits per heavy atom. The van der Waals surface area contributed by atoms with Gasteiger partial charge in [-0.15, -0.1) is 10.2 Å². The van der Waals surface area contributed by atoms with Crippen LogP contribution in [0.4, 0.5) is 5.13 Å². The standard InChI is InChI=1S/C7H13N3OS/c1-3-11-5-4-8-7-10-9-6(2)12-7/h3-5H2,1-2H3,(H,8,10). The van der Waals surface area contributed by atoms with Gasteiger partial charge in [-0.1, -0.05) is 11.3 Å². The van der Waals surface area contributed by atoms with Crippen LogP contribution in [0.5, 0.6) is 0 Å². The van der Waals surface area contributed by atoms with Gasteiger partial charge in [-0.2, -0.15) is 0 Å². The highest BCUT2D eigenvalue weighted by Gasteiger charge is 1.97. The number of aryl methyl sites for hydroxylation is 1. The third-order valence-corrected chi connectivity index (χ3v) is 2.05. The third-order valence-electron chi connectivity index (χ3n) is 1.25. The first-order valence-corrected chi connectivity index (χ1v) is 4.76. The zero-order valence-corrected chi connectivity index (χ0v) is 8.15. The molecule has 0 fully saturated rings. The van der Waals surface area contributed by atoms with E-state index in [1.54, 1.807) is 11.3 Å². The summed E-state index contributed by atoms with van der Waals surface area (Å²) in [5.41, 5.74) is 0. The fourth-order valence-corrected chi connectivity index (χ4v) is 1.36. The van der Waals surface area contributed by atoms with Crippen molar-refractivity contribution < 1.29 is 4.74 Å². The molecule has 0 amide bonds. The van der Waals surface area contributed by atoms with Crippen LogP contribution in [0.2, 0.25) is 0 Å². The van der Waals surface area contributed by atoms with E-state index in [1.807, 2.05) is 13.8 Å². The summed E-state index contributed by atoms with van der Waals surface area (Å²) in [6.45, 7) is 6.19. The molecule has 5 heteroatoms. The lowest BCUT2D eigenvalue weighted by Crippen LogP contribution is -2.08. The Hall–Kier alpha value is -0.680.